The van der Waals surface area contributed by atoms with Crippen LogP contribution in [0.2, 0.25) is 0 Å². The van der Waals surface area contributed by atoms with Crippen LogP contribution in [0.1, 0.15) is 23.3 Å². The lowest BCUT2D eigenvalue weighted by molar-refractivity contribution is 0.101. The van der Waals surface area contributed by atoms with Crippen LogP contribution >= 0.6 is 0 Å². The molecular formula is C19H18N4O4. The Bertz CT molecular complexity index is 942. The Morgan fingerprint density at radius 1 is 0.963 bits per heavy atom. The van der Waals surface area contributed by atoms with Crippen LogP contribution in [-0.4, -0.2) is 35.1 Å². The summed E-state index contributed by atoms with van der Waals surface area (Å²) in [6, 6.07) is 11.8. The van der Waals surface area contributed by atoms with Crippen molar-refractivity contribution in [2.24, 2.45) is 0 Å². The predicted molar refractivity (Wildman–Crippen MR) is 98.4 cm³/mol. The quantitative estimate of drug-likeness (QED) is 0.731. The summed E-state index contributed by atoms with van der Waals surface area (Å²) in [7, 11) is 0. The molecule has 2 N–H and O–H groups in total. The smallest absolute Gasteiger partial charge is 0.321 e. The molecule has 0 spiro atoms. The van der Waals surface area contributed by atoms with Gasteiger partial charge in [0.2, 0.25) is 5.76 Å². The average Bonchev–Trinajstić information content (AvgIpc) is 3.43. The summed E-state index contributed by atoms with van der Waals surface area (Å²) in [5, 5.41) is 9.39. The number of anilines is 2. The van der Waals surface area contributed by atoms with Crippen molar-refractivity contribution in [2.75, 3.05) is 23.7 Å². The predicted octanol–water partition coefficient (Wildman–Crippen LogP) is 3.81. The van der Waals surface area contributed by atoms with Crippen molar-refractivity contribution in [3.63, 3.8) is 0 Å². The Morgan fingerprint density at radius 3 is 2.41 bits per heavy atom. The molecule has 0 atom stereocenters. The molecule has 1 saturated heterocycles. The summed E-state index contributed by atoms with van der Waals surface area (Å²) in [6.45, 7) is 1.49. The van der Waals surface area contributed by atoms with Gasteiger partial charge in [-0.15, -0.1) is 0 Å². The molecule has 0 aliphatic carbocycles. The Balaban J connectivity index is 1.47. The van der Waals surface area contributed by atoms with Gasteiger partial charge in [0.25, 0.3) is 5.91 Å². The van der Waals surface area contributed by atoms with Crippen LogP contribution in [0.5, 0.6) is 0 Å². The van der Waals surface area contributed by atoms with Gasteiger partial charge >= 0.3 is 6.03 Å². The van der Waals surface area contributed by atoms with Crippen LogP contribution in [0, 0.1) is 0 Å². The molecule has 4 rings (SSSR count). The number of aromatic nitrogens is 1. The maximum Gasteiger partial charge on any atom is 0.321 e. The van der Waals surface area contributed by atoms with Crippen molar-refractivity contribution in [1.29, 1.82) is 0 Å². The number of hydrogen-bond acceptors (Lipinski definition) is 5. The lowest BCUT2D eigenvalue weighted by Crippen LogP contribution is -2.32. The van der Waals surface area contributed by atoms with Crippen molar-refractivity contribution >= 4 is 23.3 Å². The maximum absolute atomic E-state index is 12.5. The molecule has 1 aliphatic rings. The average molecular weight is 366 g/mol. The summed E-state index contributed by atoms with van der Waals surface area (Å²) in [5.74, 6) is 0.403. The van der Waals surface area contributed by atoms with Crippen molar-refractivity contribution in [3.05, 3.63) is 54.4 Å². The zero-order chi connectivity index (χ0) is 18.6. The molecule has 3 aromatic rings. The molecule has 2 aromatic heterocycles. The second-order valence-corrected chi connectivity index (χ2v) is 6.18. The molecule has 27 heavy (non-hydrogen) atoms. The van der Waals surface area contributed by atoms with E-state index in [-0.39, 0.29) is 11.7 Å². The molecule has 0 saturated carbocycles. The van der Waals surface area contributed by atoms with E-state index in [9.17, 15) is 9.59 Å². The van der Waals surface area contributed by atoms with Gasteiger partial charge in [-0.1, -0.05) is 17.3 Å². The summed E-state index contributed by atoms with van der Waals surface area (Å²) < 4.78 is 10.4. The topological polar surface area (TPSA) is 101 Å². The number of nitrogens with zero attached hydrogens (tertiary/aromatic N) is 2. The molecule has 1 fully saturated rings. The molecule has 0 bridgehead atoms. The highest BCUT2D eigenvalue weighted by Gasteiger charge is 2.20. The molecular weight excluding hydrogens is 348 g/mol. The molecule has 138 valence electrons. The number of urea groups is 1. The molecule has 3 heterocycles. The number of carbonyl (C=O) groups excluding carboxylic acids is 2. The van der Waals surface area contributed by atoms with E-state index in [0.717, 1.165) is 25.9 Å². The van der Waals surface area contributed by atoms with Crippen LogP contribution < -0.4 is 10.6 Å². The van der Waals surface area contributed by atoms with Crippen LogP contribution in [-0.2, 0) is 0 Å². The summed E-state index contributed by atoms with van der Waals surface area (Å²) in [4.78, 5) is 26.6. The fraction of sp³-hybridized carbons (Fsp3) is 0.211. The van der Waals surface area contributed by atoms with Gasteiger partial charge in [-0.2, -0.15) is 0 Å². The first-order valence-corrected chi connectivity index (χ1v) is 8.67. The Hall–Kier alpha value is -3.55. The third-order valence-corrected chi connectivity index (χ3v) is 4.32. The van der Waals surface area contributed by atoms with Gasteiger partial charge in [-0.3, -0.25) is 4.79 Å². The lowest BCUT2D eigenvalue weighted by Gasteiger charge is -2.18. The van der Waals surface area contributed by atoms with E-state index >= 15 is 0 Å². The SMILES string of the molecule is O=C(Nc1ccccc1NC(=O)N1CCCC1)c1cc(-c2ccco2)on1. The number of likely N-dealkylation sites (tertiary alicyclic amines) is 1. The van der Waals surface area contributed by atoms with E-state index < -0.39 is 5.91 Å². The minimum atomic E-state index is -0.445. The standard InChI is InChI=1S/C19H18N4O4/c24-18(15-12-17(27-22-15)16-8-5-11-26-16)20-13-6-1-2-7-14(13)21-19(25)23-9-3-4-10-23/h1-2,5-8,11-12H,3-4,9-10H2,(H,20,24)(H,21,25). The highest BCUT2D eigenvalue weighted by molar-refractivity contribution is 6.06. The van der Waals surface area contributed by atoms with Crippen molar-refractivity contribution in [3.8, 4) is 11.5 Å². The van der Waals surface area contributed by atoms with Gasteiger partial charge in [0.05, 0.1) is 17.6 Å². The number of rotatable bonds is 4. The maximum atomic E-state index is 12.5. The van der Waals surface area contributed by atoms with Gasteiger partial charge in [0, 0.05) is 19.2 Å². The molecule has 1 aliphatic heterocycles. The molecule has 0 radical (unpaired) electrons. The van der Waals surface area contributed by atoms with Gasteiger partial charge in [0.15, 0.2) is 11.5 Å². The summed E-state index contributed by atoms with van der Waals surface area (Å²) >= 11 is 0. The highest BCUT2D eigenvalue weighted by Crippen LogP contribution is 2.24. The fourth-order valence-electron chi connectivity index (χ4n) is 2.92. The first kappa shape index (κ1) is 16.9. The van der Waals surface area contributed by atoms with E-state index in [0.29, 0.717) is 22.9 Å². The first-order valence-electron chi connectivity index (χ1n) is 8.67. The number of furan rings is 1. The molecule has 1 aromatic carbocycles. The summed E-state index contributed by atoms with van der Waals surface area (Å²) in [6.07, 6.45) is 3.53. The van der Waals surface area contributed by atoms with Crippen molar-refractivity contribution in [2.45, 2.75) is 12.8 Å². The number of benzene rings is 1. The second kappa shape index (κ2) is 7.36. The third kappa shape index (κ3) is 3.69. The van der Waals surface area contributed by atoms with Crippen molar-refractivity contribution < 1.29 is 18.5 Å². The molecule has 8 heteroatoms. The first-order chi connectivity index (χ1) is 13.2. The molecule has 8 nitrogen and oxygen atoms in total. The Kier molecular flexibility index (Phi) is 4.61. The minimum Gasteiger partial charge on any atom is -0.461 e. The van der Waals surface area contributed by atoms with Crippen LogP contribution in [0.15, 0.2) is 57.7 Å². The lowest BCUT2D eigenvalue weighted by atomic mass is 10.2. The monoisotopic (exact) mass is 366 g/mol. The largest absolute Gasteiger partial charge is 0.461 e. The number of amides is 3. The van der Waals surface area contributed by atoms with E-state index in [2.05, 4.69) is 15.8 Å². The Morgan fingerprint density at radius 2 is 1.70 bits per heavy atom. The van der Waals surface area contributed by atoms with Crippen LogP contribution in [0.4, 0.5) is 16.2 Å². The zero-order valence-electron chi connectivity index (χ0n) is 14.5. The highest BCUT2D eigenvalue weighted by atomic mass is 16.5. The van der Waals surface area contributed by atoms with Gasteiger partial charge < -0.3 is 24.5 Å². The second-order valence-electron chi connectivity index (χ2n) is 6.18. The number of nitrogens with one attached hydrogen (secondary N) is 2. The number of hydrogen-bond donors (Lipinski definition) is 2. The van der Waals surface area contributed by atoms with Crippen LogP contribution in [0.25, 0.3) is 11.5 Å². The molecule has 0 unspecified atom stereocenters. The van der Waals surface area contributed by atoms with Crippen molar-refractivity contribution in [1.82, 2.24) is 10.1 Å². The molecule has 3 amide bonds. The van der Waals surface area contributed by atoms with E-state index in [4.69, 9.17) is 8.94 Å². The van der Waals surface area contributed by atoms with Crippen LogP contribution in [0.3, 0.4) is 0 Å². The van der Waals surface area contributed by atoms with Gasteiger partial charge in [-0.05, 0) is 37.1 Å². The Labute approximate surface area is 155 Å². The summed E-state index contributed by atoms with van der Waals surface area (Å²) in [5.41, 5.74) is 1.12. The third-order valence-electron chi connectivity index (χ3n) is 4.32. The van der Waals surface area contributed by atoms with E-state index in [1.165, 1.54) is 12.3 Å². The normalized spacial score (nSPS) is 13.6. The number of para-hydroxylation sites is 2. The van der Waals surface area contributed by atoms with E-state index in [1.54, 1.807) is 41.3 Å². The minimum absolute atomic E-state index is 0.113. The van der Waals surface area contributed by atoms with Gasteiger partial charge in [0.1, 0.15) is 0 Å². The van der Waals surface area contributed by atoms with Gasteiger partial charge in [-0.25, -0.2) is 4.79 Å². The fourth-order valence-corrected chi connectivity index (χ4v) is 2.92. The van der Waals surface area contributed by atoms with E-state index in [1.807, 2.05) is 0 Å². The zero-order valence-corrected chi connectivity index (χ0v) is 14.5. The number of carbonyl (C=O) groups is 2.